The van der Waals surface area contributed by atoms with Crippen molar-refractivity contribution in [2.45, 2.75) is 52.0 Å². The number of nitrogens with two attached hydrogens (primary N) is 1. The lowest BCUT2D eigenvalue weighted by atomic mass is 9.96. The smallest absolute Gasteiger partial charge is 0.239 e. The van der Waals surface area contributed by atoms with Crippen LogP contribution < -0.4 is 5.73 Å². The maximum Gasteiger partial charge on any atom is 0.239 e. The Morgan fingerprint density at radius 3 is 2.95 bits per heavy atom. The number of likely N-dealkylation sites (tertiary alicyclic amines) is 1. The zero-order valence-corrected chi connectivity index (χ0v) is 13.4. The number of carbonyl (C=O) groups is 1. The van der Waals surface area contributed by atoms with Gasteiger partial charge in [-0.3, -0.25) is 4.79 Å². The summed E-state index contributed by atoms with van der Waals surface area (Å²) in [6.45, 7) is 7.84. The normalized spacial score (nSPS) is 21.2. The minimum absolute atomic E-state index is 0.108. The van der Waals surface area contributed by atoms with E-state index in [1.54, 1.807) is 11.3 Å². The van der Waals surface area contributed by atoms with Gasteiger partial charge in [-0.05, 0) is 32.1 Å². The molecule has 2 rings (SSSR count). The van der Waals surface area contributed by atoms with Crippen molar-refractivity contribution in [3.05, 3.63) is 16.1 Å². The summed E-state index contributed by atoms with van der Waals surface area (Å²) in [5.41, 5.74) is 7.11. The number of amides is 1. The summed E-state index contributed by atoms with van der Waals surface area (Å²) in [6.07, 6.45) is 2.93. The van der Waals surface area contributed by atoms with Crippen molar-refractivity contribution in [3.63, 3.8) is 0 Å². The first-order valence-corrected chi connectivity index (χ1v) is 8.31. The van der Waals surface area contributed by atoms with E-state index in [4.69, 9.17) is 5.73 Å². The van der Waals surface area contributed by atoms with Crippen LogP contribution in [0, 0.1) is 12.8 Å². The highest BCUT2D eigenvalue weighted by Gasteiger charge is 2.29. The number of piperidine rings is 1. The maximum absolute atomic E-state index is 12.4. The first-order valence-electron chi connectivity index (χ1n) is 7.43. The lowest BCUT2D eigenvalue weighted by Gasteiger charge is -2.33. The van der Waals surface area contributed by atoms with Gasteiger partial charge in [0.05, 0.1) is 11.0 Å². The van der Waals surface area contributed by atoms with E-state index in [2.05, 4.69) is 24.2 Å². The molecule has 20 heavy (non-hydrogen) atoms. The van der Waals surface area contributed by atoms with Crippen LogP contribution in [0.1, 0.15) is 49.7 Å². The Morgan fingerprint density at radius 1 is 1.60 bits per heavy atom. The summed E-state index contributed by atoms with van der Waals surface area (Å²) in [4.78, 5) is 18.9. The SMILES string of the molecule is Cc1csc(C2CCCN(C(=O)[C@@H](N)CC(C)C)C2)n1. The van der Waals surface area contributed by atoms with Crippen LogP contribution in [0.15, 0.2) is 5.38 Å². The maximum atomic E-state index is 12.4. The van der Waals surface area contributed by atoms with Crippen LogP contribution in [0.2, 0.25) is 0 Å². The molecule has 0 radical (unpaired) electrons. The minimum Gasteiger partial charge on any atom is -0.341 e. The molecule has 0 spiro atoms. The van der Waals surface area contributed by atoms with Crippen molar-refractivity contribution in [1.29, 1.82) is 0 Å². The number of carbonyl (C=O) groups excluding carboxylic acids is 1. The average Bonchev–Trinajstić information content (AvgIpc) is 2.84. The van der Waals surface area contributed by atoms with Crippen molar-refractivity contribution in [3.8, 4) is 0 Å². The van der Waals surface area contributed by atoms with Gasteiger partial charge in [0.1, 0.15) is 0 Å². The summed E-state index contributed by atoms with van der Waals surface area (Å²) in [7, 11) is 0. The fourth-order valence-electron chi connectivity index (χ4n) is 2.78. The summed E-state index contributed by atoms with van der Waals surface area (Å²) >= 11 is 1.71. The molecule has 1 aliphatic heterocycles. The van der Waals surface area contributed by atoms with E-state index in [9.17, 15) is 4.79 Å². The standard InChI is InChI=1S/C15H25N3OS/c1-10(2)7-13(16)15(19)18-6-4-5-12(8-18)14-17-11(3)9-20-14/h9-10,12-13H,4-8,16H2,1-3H3/t12?,13-/m0/s1. The molecule has 1 aromatic heterocycles. The highest BCUT2D eigenvalue weighted by molar-refractivity contribution is 7.09. The Morgan fingerprint density at radius 2 is 2.35 bits per heavy atom. The fraction of sp³-hybridized carbons (Fsp3) is 0.733. The summed E-state index contributed by atoms with van der Waals surface area (Å²) < 4.78 is 0. The molecule has 0 saturated carbocycles. The predicted octanol–water partition coefficient (Wildman–Crippen LogP) is 2.53. The molecular weight excluding hydrogens is 270 g/mol. The van der Waals surface area contributed by atoms with Crippen LogP contribution in [-0.2, 0) is 4.79 Å². The molecule has 5 heteroatoms. The van der Waals surface area contributed by atoms with Crippen LogP contribution in [0.3, 0.4) is 0 Å². The molecule has 0 aliphatic carbocycles. The van der Waals surface area contributed by atoms with Gasteiger partial charge in [-0.2, -0.15) is 0 Å². The molecule has 1 aliphatic rings. The summed E-state index contributed by atoms with van der Waals surface area (Å²) in [6, 6.07) is -0.355. The van der Waals surface area contributed by atoms with Crippen molar-refractivity contribution in [1.82, 2.24) is 9.88 Å². The molecule has 1 aromatic rings. The van der Waals surface area contributed by atoms with Gasteiger partial charge in [-0.1, -0.05) is 13.8 Å². The average molecular weight is 295 g/mol. The van der Waals surface area contributed by atoms with Crippen LogP contribution >= 0.6 is 11.3 Å². The number of rotatable bonds is 4. The fourth-order valence-corrected chi connectivity index (χ4v) is 3.71. The predicted molar refractivity (Wildman–Crippen MR) is 82.8 cm³/mol. The molecule has 0 bridgehead atoms. The van der Waals surface area contributed by atoms with E-state index in [1.807, 2.05) is 11.8 Å². The number of nitrogens with zero attached hydrogens (tertiary/aromatic N) is 2. The van der Waals surface area contributed by atoms with Crippen molar-refractivity contribution < 1.29 is 4.79 Å². The third-order valence-electron chi connectivity index (χ3n) is 3.76. The van der Waals surface area contributed by atoms with Crippen molar-refractivity contribution >= 4 is 17.2 Å². The first-order chi connectivity index (χ1) is 9.47. The van der Waals surface area contributed by atoms with E-state index in [1.165, 1.54) is 0 Å². The molecule has 0 aromatic carbocycles. The van der Waals surface area contributed by atoms with Crippen LogP contribution in [0.25, 0.3) is 0 Å². The molecule has 2 atom stereocenters. The van der Waals surface area contributed by atoms with Crippen molar-refractivity contribution in [2.24, 2.45) is 11.7 Å². The second-order valence-electron chi connectivity index (χ2n) is 6.19. The number of thiazole rings is 1. The number of hydrogen-bond acceptors (Lipinski definition) is 4. The lowest BCUT2D eigenvalue weighted by Crippen LogP contribution is -2.48. The van der Waals surface area contributed by atoms with Gasteiger partial charge < -0.3 is 10.6 Å². The van der Waals surface area contributed by atoms with Crippen LogP contribution in [0.4, 0.5) is 0 Å². The quantitative estimate of drug-likeness (QED) is 0.928. The number of aryl methyl sites for hydroxylation is 1. The molecular formula is C15H25N3OS. The molecule has 2 heterocycles. The van der Waals surface area contributed by atoms with E-state index in [0.717, 1.165) is 43.1 Å². The monoisotopic (exact) mass is 295 g/mol. The van der Waals surface area contributed by atoms with Gasteiger partial charge in [-0.15, -0.1) is 11.3 Å². The van der Waals surface area contributed by atoms with Gasteiger partial charge in [0.15, 0.2) is 0 Å². The second kappa shape index (κ2) is 6.68. The van der Waals surface area contributed by atoms with Gasteiger partial charge in [0.2, 0.25) is 5.91 Å². The Balaban J connectivity index is 1.98. The summed E-state index contributed by atoms with van der Waals surface area (Å²) in [5.74, 6) is 0.950. The molecule has 1 amide bonds. The number of hydrogen-bond donors (Lipinski definition) is 1. The van der Waals surface area contributed by atoms with Gasteiger partial charge in [0.25, 0.3) is 0 Å². The highest BCUT2D eigenvalue weighted by atomic mass is 32.1. The molecule has 2 N–H and O–H groups in total. The summed E-state index contributed by atoms with van der Waals surface area (Å²) in [5, 5.41) is 3.25. The number of aromatic nitrogens is 1. The van der Waals surface area contributed by atoms with E-state index in [0.29, 0.717) is 11.8 Å². The Kier molecular flexibility index (Phi) is 5.16. The second-order valence-corrected chi connectivity index (χ2v) is 7.08. The van der Waals surface area contributed by atoms with E-state index < -0.39 is 0 Å². The van der Waals surface area contributed by atoms with Gasteiger partial charge >= 0.3 is 0 Å². The molecule has 4 nitrogen and oxygen atoms in total. The Bertz CT molecular complexity index is 458. The van der Waals surface area contributed by atoms with Gasteiger partial charge in [-0.25, -0.2) is 4.98 Å². The van der Waals surface area contributed by atoms with Crippen molar-refractivity contribution in [2.75, 3.05) is 13.1 Å². The zero-order chi connectivity index (χ0) is 14.7. The minimum atomic E-state index is -0.355. The first kappa shape index (κ1) is 15.4. The topological polar surface area (TPSA) is 59.2 Å². The third-order valence-corrected chi connectivity index (χ3v) is 4.89. The largest absolute Gasteiger partial charge is 0.341 e. The molecule has 1 unspecified atom stereocenters. The van der Waals surface area contributed by atoms with E-state index in [-0.39, 0.29) is 11.9 Å². The zero-order valence-electron chi connectivity index (χ0n) is 12.6. The molecule has 112 valence electrons. The Hall–Kier alpha value is -0.940. The van der Waals surface area contributed by atoms with Gasteiger partial charge in [0, 0.05) is 30.1 Å². The Labute approximate surface area is 125 Å². The molecule has 1 saturated heterocycles. The highest BCUT2D eigenvalue weighted by Crippen LogP contribution is 2.29. The molecule has 1 fully saturated rings. The third kappa shape index (κ3) is 3.79. The van der Waals surface area contributed by atoms with Crippen LogP contribution in [-0.4, -0.2) is 34.9 Å². The lowest BCUT2D eigenvalue weighted by molar-refractivity contribution is -0.134. The van der Waals surface area contributed by atoms with Crippen LogP contribution in [0.5, 0.6) is 0 Å². The van der Waals surface area contributed by atoms with E-state index >= 15 is 0 Å².